The van der Waals surface area contributed by atoms with Crippen molar-refractivity contribution in [1.82, 2.24) is 19.5 Å². The highest BCUT2D eigenvalue weighted by molar-refractivity contribution is 6.35. The molecule has 0 bridgehead atoms. The third-order valence-electron chi connectivity index (χ3n) is 2.41. The zero-order chi connectivity index (χ0) is 12.7. The molecule has 2 aromatic heterocycles. The lowest BCUT2D eigenvalue weighted by molar-refractivity contribution is 0.626. The Labute approximate surface area is 111 Å². The summed E-state index contributed by atoms with van der Waals surface area (Å²) in [7, 11) is 0. The maximum Gasteiger partial charge on any atom is 0.225 e. The van der Waals surface area contributed by atoms with Gasteiger partial charge >= 0.3 is 0 Å². The van der Waals surface area contributed by atoms with Crippen LogP contribution in [0.3, 0.4) is 0 Å². The van der Waals surface area contributed by atoms with Gasteiger partial charge in [-0.15, -0.1) is 0 Å². The van der Waals surface area contributed by atoms with Crippen LogP contribution in [0.2, 0.25) is 10.4 Å². The first-order chi connectivity index (χ1) is 8.65. The number of rotatable bonds is 1. The number of hydrogen-bond donors (Lipinski definition) is 0. The van der Waals surface area contributed by atoms with Crippen molar-refractivity contribution in [2.45, 2.75) is 0 Å². The Morgan fingerprint density at radius 2 is 2.00 bits per heavy atom. The van der Waals surface area contributed by atoms with Gasteiger partial charge in [0, 0.05) is 0 Å². The molecule has 0 saturated carbocycles. The Balaban J connectivity index is 2.30. The topological polar surface area (TPSA) is 43.6 Å². The van der Waals surface area contributed by atoms with E-state index in [9.17, 15) is 4.39 Å². The van der Waals surface area contributed by atoms with E-state index in [1.807, 2.05) is 0 Å². The van der Waals surface area contributed by atoms with Gasteiger partial charge < -0.3 is 0 Å². The minimum Gasteiger partial charge on any atom is -0.283 e. The van der Waals surface area contributed by atoms with Gasteiger partial charge in [0.2, 0.25) is 5.28 Å². The summed E-state index contributed by atoms with van der Waals surface area (Å²) in [5.74, 6) is -0.347. The molecule has 1 aromatic carbocycles. The molecule has 0 fully saturated rings. The lowest BCUT2D eigenvalue weighted by atomic mass is 10.3. The number of fused-ring (bicyclic) bond motifs is 1. The highest BCUT2D eigenvalue weighted by Crippen LogP contribution is 2.23. The average molecular weight is 283 g/mol. The monoisotopic (exact) mass is 282 g/mol. The molecule has 0 amide bonds. The van der Waals surface area contributed by atoms with Crippen molar-refractivity contribution >= 4 is 34.4 Å². The summed E-state index contributed by atoms with van der Waals surface area (Å²) in [5.41, 5.74) is 1.44. The van der Waals surface area contributed by atoms with Crippen LogP contribution in [0.15, 0.2) is 30.6 Å². The van der Waals surface area contributed by atoms with E-state index in [1.165, 1.54) is 18.5 Å². The van der Waals surface area contributed by atoms with E-state index in [4.69, 9.17) is 23.2 Å². The predicted molar refractivity (Wildman–Crippen MR) is 66.6 cm³/mol. The van der Waals surface area contributed by atoms with Crippen molar-refractivity contribution in [1.29, 1.82) is 0 Å². The first-order valence-electron chi connectivity index (χ1n) is 4.97. The summed E-state index contributed by atoms with van der Waals surface area (Å²) in [6, 6.07) is 6.05. The number of aromatic nitrogens is 4. The van der Waals surface area contributed by atoms with Gasteiger partial charge in [-0.1, -0.05) is 17.7 Å². The second kappa shape index (κ2) is 4.19. The van der Waals surface area contributed by atoms with E-state index >= 15 is 0 Å². The third kappa shape index (κ3) is 1.81. The van der Waals surface area contributed by atoms with Gasteiger partial charge in [-0.05, 0) is 29.8 Å². The molecule has 0 aliphatic carbocycles. The van der Waals surface area contributed by atoms with E-state index < -0.39 is 0 Å². The van der Waals surface area contributed by atoms with Crippen molar-refractivity contribution in [2.24, 2.45) is 0 Å². The fourth-order valence-corrected chi connectivity index (χ4v) is 2.08. The second-order valence-electron chi connectivity index (χ2n) is 3.55. The minimum absolute atomic E-state index is 0.0191. The van der Waals surface area contributed by atoms with Gasteiger partial charge in [-0.25, -0.2) is 14.4 Å². The maximum atomic E-state index is 13.2. The lowest BCUT2D eigenvalue weighted by Gasteiger charge is -2.03. The molecular formula is C11H5Cl2FN4. The van der Waals surface area contributed by atoms with Crippen molar-refractivity contribution in [3.8, 4) is 5.69 Å². The zero-order valence-electron chi connectivity index (χ0n) is 8.81. The van der Waals surface area contributed by atoms with Crippen LogP contribution in [0.1, 0.15) is 0 Å². The average Bonchev–Trinajstić information content (AvgIpc) is 2.72. The Hall–Kier alpha value is -1.72. The Bertz CT molecular complexity index is 741. The second-order valence-corrected chi connectivity index (χ2v) is 4.25. The summed E-state index contributed by atoms with van der Waals surface area (Å²) in [4.78, 5) is 11.9. The van der Waals surface area contributed by atoms with Gasteiger partial charge in [-0.3, -0.25) is 4.57 Å². The van der Waals surface area contributed by atoms with E-state index in [0.29, 0.717) is 16.9 Å². The van der Waals surface area contributed by atoms with Crippen LogP contribution >= 0.6 is 23.2 Å². The molecule has 0 spiro atoms. The number of benzene rings is 1. The molecular weight excluding hydrogens is 278 g/mol. The number of nitrogens with zero attached hydrogens (tertiary/aromatic N) is 4. The highest BCUT2D eigenvalue weighted by Gasteiger charge is 2.12. The molecule has 0 saturated heterocycles. The van der Waals surface area contributed by atoms with Crippen molar-refractivity contribution in [3.05, 3.63) is 46.8 Å². The molecule has 3 rings (SSSR count). The first-order valence-corrected chi connectivity index (χ1v) is 5.73. The van der Waals surface area contributed by atoms with Gasteiger partial charge in [0.1, 0.15) is 17.7 Å². The number of imidazole rings is 1. The lowest BCUT2D eigenvalue weighted by Crippen LogP contribution is -1.95. The van der Waals surface area contributed by atoms with E-state index in [2.05, 4.69) is 15.0 Å². The summed E-state index contributed by atoms with van der Waals surface area (Å²) < 4.78 is 14.8. The zero-order valence-corrected chi connectivity index (χ0v) is 10.3. The molecule has 0 unspecified atom stereocenters. The van der Waals surface area contributed by atoms with E-state index in [1.54, 1.807) is 16.7 Å². The summed E-state index contributed by atoms with van der Waals surface area (Å²) >= 11 is 11.7. The minimum atomic E-state index is -0.347. The van der Waals surface area contributed by atoms with Gasteiger partial charge in [-0.2, -0.15) is 4.98 Å². The van der Waals surface area contributed by atoms with Gasteiger partial charge in [0.05, 0.1) is 5.69 Å². The summed E-state index contributed by atoms with van der Waals surface area (Å²) in [6.07, 6.45) is 1.50. The molecule has 4 nitrogen and oxygen atoms in total. The molecule has 0 radical (unpaired) electrons. The molecule has 0 aliphatic rings. The van der Waals surface area contributed by atoms with Crippen molar-refractivity contribution < 1.29 is 4.39 Å². The van der Waals surface area contributed by atoms with Crippen LogP contribution < -0.4 is 0 Å². The fourth-order valence-electron chi connectivity index (χ4n) is 1.66. The SMILES string of the molecule is Fc1cccc(-n2cnc3c(Cl)nc(Cl)nc32)c1. The maximum absolute atomic E-state index is 13.2. The molecule has 18 heavy (non-hydrogen) atoms. The third-order valence-corrected chi connectivity index (χ3v) is 2.85. The largest absolute Gasteiger partial charge is 0.283 e. The number of halogens is 3. The van der Waals surface area contributed by atoms with Crippen LogP contribution in [-0.2, 0) is 0 Å². The standard InChI is InChI=1S/C11H5Cl2FN4/c12-9-8-10(17-11(13)16-9)18(5-15-8)7-3-1-2-6(14)4-7/h1-5H. The molecule has 0 atom stereocenters. The fraction of sp³-hybridized carbons (Fsp3) is 0. The van der Waals surface area contributed by atoms with Gasteiger partial charge in [0.25, 0.3) is 0 Å². The van der Waals surface area contributed by atoms with Crippen LogP contribution in [0.5, 0.6) is 0 Å². The molecule has 7 heteroatoms. The van der Waals surface area contributed by atoms with Crippen LogP contribution in [0.25, 0.3) is 16.9 Å². The van der Waals surface area contributed by atoms with E-state index in [0.717, 1.165) is 0 Å². The number of hydrogen-bond acceptors (Lipinski definition) is 3. The Morgan fingerprint density at radius 3 is 2.78 bits per heavy atom. The molecule has 0 N–H and O–H groups in total. The van der Waals surface area contributed by atoms with Gasteiger partial charge in [0.15, 0.2) is 10.8 Å². The predicted octanol–water partition coefficient (Wildman–Crippen LogP) is 3.26. The molecule has 90 valence electrons. The molecule has 0 aliphatic heterocycles. The molecule has 2 heterocycles. The van der Waals surface area contributed by atoms with Crippen LogP contribution in [-0.4, -0.2) is 19.5 Å². The quantitative estimate of drug-likeness (QED) is 0.508. The Morgan fingerprint density at radius 1 is 1.17 bits per heavy atom. The van der Waals surface area contributed by atoms with E-state index in [-0.39, 0.29) is 16.3 Å². The normalized spacial score (nSPS) is 11.1. The van der Waals surface area contributed by atoms with Crippen molar-refractivity contribution in [3.63, 3.8) is 0 Å². The first kappa shape index (κ1) is 11.4. The summed E-state index contributed by atoms with van der Waals surface area (Å²) in [5, 5.41) is 0.186. The van der Waals surface area contributed by atoms with Crippen molar-refractivity contribution in [2.75, 3.05) is 0 Å². The van der Waals surface area contributed by atoms with Crippen LogP contribution in [0, 0.1) is 5.82 Å². The highest BCUT2D eigenvalue weighted by atomic mass is 35.5. The molecule has 3 aromatic rings. The smallest absolute Gasteiger partial charge is 0.225 e. The summed E-state index contributed by atoms with van der Waals surface area (Å²) in [6.45, 7) is 0. The Kier molecular flexibility index (Phi) is 2.65. The van der Waals surface area contributed by atoms with Crippen LogP contribution in [0.4, 0.5) is 4.39 Å².